The summed E-state index contributed by atoms with van der Waals surface area (Å²) in [6.07, 6.45) is 0.104. The van der Waals surface area contributed by atoms with Crippen LogP contribution in [0.2, 0.25) is 0 Å². The van der Waals surface area contributed by atoms with Gasteiger partial charge < -0.3 is 20.1 Å². The summed E-state index contributed by atoms with van der Waals surface area (Å²) in [6.45, 7) is 6.63. The molecule has 2 N–H and O–H groups in total. The van der Waals surface area contributed by atoms with Crippen LogP contribution in [0.5, 0.6) is 11.5 Å². The van der Waals surface area contributed by atoms with Crippen LogP contribution in [0.25, 0.3) is 0 Å². The fourth-order valence-electron chi connectivity index (χ4n) is 2.21. The summed E-state index contributed by atoms with van der Waals surface area (Å²) in [5.41, 5.74) is 1.41. The number of nitrogens with one attached hydrogen (secondary N) is 2. The molecule has 0 atom stereocenters. The molecule has 0 unspecified atom stereocenters. The van der Waals surface area contributed by atoms with E-state index in [4.69, 9.17) is 9.47 Å². The number of hydrogen-bond acceptors (Lipinski definition) is 4. The van der Waals surface area contributed by atoms with Crippen LogP contribution in [0.3, 0.4) is 0 Å². The first kappa shape index (κ1) is 19.3. The van der Waals surface area contributed by atoms with Gasteiger partial charge in [0.05, 0.1) is 12.7 Å². The van der Waals surface area contributed by atoms with Crippen molar-refractivity contribution in [3.8, 4) is 11.5 Å². The molecule has 138 valence electrons. The van der Waals surface area contributed by atoms with E-state index >= 15 is 0 Å². The molecule has 0 saturated heterocycles. The molecule has 0 aliphatic rings. The van der Waals surface area contributed by atoms with Gasteiger partial charge in [0, 0.05) is 12.2 Å². The molecular weight excluding hydrogens is 332 g/mol. The van der Waals surface area contributed by atoms with Crippen molar-refractivity contribution in [2.45, 2.75) is 33.4 Å². The Morgan fingerprint density at radius 3 is 2.12 bits per heavy atom. The molecule has 0 heterocycles. The van der Waals surface area contributed by atoms with Crippen LogP contribution in [0.1, 0.15) is 26.3 Å². The van der Waals surface area contributed by atoms with Crippen LogP contribution in [0.15, 0.2) is 48.5 Å². The van der Waals surface area contributed by atoms with Crippen LogP contribution < -0.4 is 20.1 Å². The van der Waals surface area contributed by atoms with Crippen molar-refractivity contribution in [1.82, 2.24) is 5.32 Å². The summed E-state index contributed by atoms with van der Waals surface area (Å²) in [5.74, 6) is 0.0680. The average Bonchev–Trinajstić information content (AvgIpc) is 2.62. The van der Waals surface area contributed by atoms with Gasteiger partial charge in [-0.25, -0.2) is 0 Å². The highest BCUT2D eigenvalue weighted by atomic mass is 16.5. The standard InChI is InChI=1S/C20H24N2O4/c1-4-25-17-11-7-16(8-12-17)22-20(24)19(23)21-13-15-5-9-18(10-6-15)26-14(2)3/h5-12,14H,4,13H2,1-3H3,(H,21,23)(H,22,24). The molecule has 2 amide bonds. The van der Waals surface area contributed by atoms with E-state index in [2.05, 4.69) is 10.6 Å². The number of anilines is 1. The fraction of sp³-hybridized carbons (Fsp3) is 0.300. The second-order valence-corrected chi connectivity index (χ2v) is 5.90. The summed E-state index contributed by atoms with van der Waals surface area (Å²) < 4.78 is 10.9. The predicted octanol–water partition coefficient (Wildman–Crippen LogP) is 3.13. The van der Waals surface area contributed by atoms with Crippen molar-refractivity contribution >= 4 is 17.5 Å². The molecule has 0 aliphatic heterocycles. The highest BCUT2D eigenvalue weighted by molar-refractivity contribution is 6.39. The number of amides is 2. The van der Waals surface area contributed by atoms with Crippen molar-refractivity contribution in [3.05, 3.63) is 54.1 Å². The maximum absolute atomic E-state index is 11.9. The quantitative estimate of drug-likeness (QED) is 0.747. The Morgan fingerprint density at radius 1 is 0.923 bits per heavy atom. The maximum Gasteiger partial charge on any atom is 0.313 e. The highest BCUT2D eigenvalue weighted by Gasteiger charge is 2.13. The van der Waals surface area contributed by atoms with Gasteiger partial charge in [-0.2, -0.15) is 0 Å². The molecule has 0 spiro atoms. The largest absolute Gasteiger partial charge is 0.494 e. The Balaban J connectivity index is 1.82. The van der Waals surface area contributed by atoms with Crippen molar-refractivity contribution in [3.63, 3.8) is 0 Å². The van der Waals surface area contributed by atoms with E-state index in [9.17, 15) is 9.59 Å². The van der Waals surface area contributed by atoms with Crippen molar-refractivity contribution < 1.29 is 19.1 Å². The van der Waals surface area contributed by atoms with Crippen LogP contribution in [0.4, 0.5) is 5.69 Å². The number of carbonyl (C=O) groups is 2. The first-order valence-electron chi connectivity index (χ1n) is 8.55. The third-order valence-electron chi connectivity index (χ3n) is 3.38. The zero-order valence-corrected chi connectivity index (χ0v) is 15.2. The van der Waals surface area contributed by atoms with E-state index in [1.807, 2.05) is 45.0 Å². The lowest BCUT2D eigenvalue weighted by molar-refractivity contribution is -0.136. The van der Waals surface area contributed by atoms with Gasteiger partial charge in [-0.05, 0) is 62.7 Å². The van der Waals surface area contributed by atoms with E-state index < -0.39 is 11.8 Å². The van der Waals surface area contributed by atoms with E-state index in [0.29, 0.717) is 18.0 Å². The molecule has 2 aromatic carbocycles. The van der Waals surface area contributed by atoms with Crippen LogP contribution in [-0.2, 0) is 16.1 Å². The number of hydrogen-bond donors (Lipinski definition) is 2. The average molecular weight is 356 g/mol. The second-order valence-electron chi connectivity index (χ2n) is 5.90. The van der Waals surface area contributed by atoms with E-state index in [0.717, 1.165) is 11.3 Å². The molecule has 0 radical (unpaired) electrons. The number of carbonyl (C=O) groups excluding carboxylic acids is 2. The zero-order chi connectivity index (χ0) is 18.9. The summed E-state index contributed by atoms with van der Waals surface area (Å²) in [6, 6.07) is 14.2. The second kappa shape index (κ2) is 9.46. The number of ether oxygens (including phenoxy) is 2. The minimum Gasteiger partial charge on any atom is -0.494 e. The van der Waals surface area contributed by atoms with Crippen LogP contribution in [0, 0.1) is 0 Å². The highest BCUT2D eigenvalue weighted by Crippen LogP contribution is 2.16. The fourth-order valence-corrected chi connectivity index (χ4v) is 2.21. The lowest BCUT2D eigenvalue weighted by Gasteiger charge is -2.10. The third kappa shape index (κ3) is 6.12. The number of rotatable bonds is 7. The van der Waals surface area contributed by atoms with Crippen molar-refractivity contribution in [2.24, 2.45) is 0 Å². The maximum atomic E-state index is 11.9. The molecule has 26 heavy (non-hydrogen) atoms. The summed E-state index contributed by atoms with van der Waals surface area (Å²) >= 11 is 0. The van der Waals surface area contributed by atoms with Gasteiger partial charge in [-0.3, -0.25) is 9.59 Å². The molecule has 6 nitrogen and oxygen atoms in total. The SMILES string of the molecule is CCOc1ccc(NC(=O)C(=O)NCc2ccc(OC(C)C)cc2)cc1. The smallest absolute Gasteiger partial charge is 0.313 e. The summed E-state index contributed by atoms with van der Waals surface area (Å²) in [4.78, 5) is 23.9. The first-order chi connectivity index (χ1) is 12.5. The van der Waals surface area contributed by atoms with Gasteiger partial charge in [-0.1, -0.05) is 12.1 Å². The molecular formula is C20H24N2O4. The summed E-state index contributed by atoms with van der Waals surface area (Å²) in [7, 11) is 0. The minimum atomic E-state index is -0.714. The van der Waals surface area contributed by atoms with Gasteiger partial charge in [0.1, 0.15) is 11.5 Å². The van der Waals surface area contributed by atoms with Crippen LogP contribution in [-0.4, -0.2) is 24.5 Å². The molecule has 6 heteroatoms. The summed E-state index contributed by atoms with van der Waals surface area (Å²) in [5, 5.41) is 5.15. The lowest BCUT2D eigenvalue weighted by atomic mass is 10.2. The molecule has 2 aromatic rings. The molecule has 0 bridgehead atoms. The molecule has 0 aliphatic carbocycles. The first-order valence-corrected chi connectivity index (χ1v) is 8.55. The third-order valence-corrected chi connectivity index (χ3v) is 3.38. The van der Waals surface area contributed by atoms with Gasteiger partial charge in [0.2, 0.25) is 0 Å². The van der Waals surface area contributed by atoms with Gasteiger partial charge in [0.15, 0.2) is 0 Å². The zero-order valence-electron chi connectivity index (χ0n) is 15.2. The lowest BCUT2D eigenvalue weighted by Crippen LogP contribution is -2.34. The number of benzene rings is 2. The van der Waals surface area contributed by atoms with Crippen molar-refractivity contribution in [2.75, 3.05) is 11.9 Å². The van der Waals surface area contributed by atoms with E-state index in [1.54, 1.807) is 24.3 Å². The Morgan fingerprint density at radius 2 is 1.54 bits per heavy atom. The predicted molar refractivity (Wildman–Crippen MR) is 100 cm³/mol. The Bertz CT molecular complexity index is 724. The molecule has 2 rings (SSSR count). The van der Waals surface area contributed by atoms with Crippen LogP contribution >= 0.6 is 0 Å². The monoisotopic (exact) mass is 356 g/mol. The van der Waals surface area contributed by atoms with E-state index in [-0.39, 0.29) is 12.6 Å². The molecule has 0 aromatic heterocycles. The van der Waals surface area contributed by atoms with Gasteiger partial charge in [0.25, 0.3) is 0 Å². The van der Waals surface area contributed by atoms with Gasteiger partial charge in [-0.15, -0.1) is 0 Å². The molecule has 0 saturated carbocycles. The van der Waals surface area contributed by atoms with Crippen molar-refractivity contribution in [1.29, 1.82) is 0 Å². The Labute approximate surface area is 153 Å². The van der Waals surface area contributed by atoms with Gasteiger partial charge >= 0.3 is 11.8 Å². The Kier molecular flexibility index (Phi) is 7.02. The minimum absolute atomic E-state index is 0.104. The normalized spacial score (nSPS) is 10.3. The van der Waals surface area contributed by atoms with E-state index in [1.165, 1.54) is 0 Å². The molecule has 0 fully saturated rings. The Hall–Kier alpha value is -3.02. The topological polar surface area (TPSA) is 76.7 Å².